The summed E-state index contributed by atoms with van der Waals surface area (Å²) in [4.78, 5) is 24.2. The van der Waals surface area contributed by atoms with Gasteiger partial charge in [-0.3, -0.25) is 14.3 Å². The van der Waals surface area contributed by atoms with Gasteiger partial charge in [-0.05, 0) is 56.4 Å². The quantitative estimate of drug-likeness (QED) is 0.748. The highest BCUT2D eigenvalue weighted by atomic mass is 16.5. The van der Waals surface area contributed by atoms with Crippen molar-refractivity contribution in [1.82, 2.24) is 15.1 Å². The molecular weight excluding hydrogens is 380 g/mol. The van der Waals surface area contributed by atoms with E-state index < -0.39 is 0 Å². The predicted molar refractivity (Wildman–Crippen MR) is 116 cm³/mol. The fourth-order valence-electron chi connectivity index (χ4n) is 3.89. The van der Waals surface area contributed by atoms with Gasteiger partial charge in [0.25, 0.3) is 5.91 Å². The molecule has 2 amide bonds. The molecule has 7 heteroatoms. The number of rotatable bonds is 6. The minimum Gasteiger partial charge on any atom is -0.370 e. The Morgan fingerprint density at radius 1 is 1.10 bits per heavy atom. The number of benzene rings is 1. The Morgan fingerprint density at radius 2 is 1.80 bits per heavy atom. The number of anilines is 1. The SMILES string of the molecule is CC(=O)N[C@H]1C[C@@H](c2ccc(NC(=O)c3ccnn3C(C)C)cc2)O[C@@H](C(C)C)C1. The molecule has 1 saturated heterocycles. The topological polar surface area (TPSA) is 85.3 Å². The molecule has 0 bridgehead atoms. The van der Waals surface area contributed by atoms with Crippen molar-refractivity contribution in [2.24, 2.45) is 5.92 Å². The Bertz CT molecular complexity index is 873. The van der Waals surface area contributed by atoms with Crippen molar-refractivity contribution < 1.29 is 14.3 Å². The lowest BCUT2D eigenvalue weighted by atomic mass is 9.90. The maximum atomic E-state index is 12.6. The molecule has 0 aliphatic carbocycles. The van der Waals surface area contributed by atoms with E-state index in [2.05, 4.69) is 29.6 Å². The van der Waals surface area contributed by atoms with E-state index in [1.807, 2.05) is 38.1 Å². The Labute approximate surface area is 178 Å². The van der Waals surface area contributed by atoms with E-state index in [0.717, 1.165) is 24.1 Å². The van der Waals surface area contributed by atoms with Crippen LogP contribution in [0.5, 0.6) is 0 Å². The summed E-state index contributed by atoms with van der Waals surface area (Å²) in [6, 6.07) is 9.66. The maximum absolute atomic E-state index is 12.6. The molecule has 0 radical (unpaired) electrons. The van der Waals surface area contributed by atoms with Crippen molar-refractivity contribution >= 4 is 17.5 Å². The molecule has 1 aromatic heterocycles. The van der Waals surface area contributed by atoms with Crippen LogP contribution in [0.2, 0.25) is 0 Å². The molecule has 0 spiro atoms. The van der Waals surface area contributed by atoms with Crippen LogP contribution in [0.3, 0.4) is 0 Å². The lowest BCUT2D eigenvalue weighted by Gasteiger charge is -2.37. The molecule has 1 aliphatic heterocycles. The van der Waals surface area contributed by atoms with E-state index in [0.29, 0.717) is 11.6 Å². The third-order valence-electron chi connectivity index (χ3n) is 5.44. The number of carbonyl (C=O) groups is 2. The van der Waals surface area contributed by atoms with E-state index in [9.17, 15) is 9.59 Å². The number of ether oxygens (including phenoxy) is 1. The van der Waals surface area contributed by atoms with Crippen LogP contribution in [0.25, 0.3) is 0 Å². The zero-order valence-electron chi connectivity index (χ0n) is 18.4. The summed E-state index contributed by atoms with van der Waals surface area (Å²) < 4.78 is 8.02. The van der Waals surface area contributed by atoms with E-state index in [1.54, 1.807) is 23.9 Å². The summed E-state index contributed by atoms with van der Waals surface area (Å²) in [5.74, 6) is 0.170. The predicted octanol–water partition coefficient (Wildman–Crippen LogP) is 4.10. The molecular formula is C23H32N4O3. The minimum absolute atomic E-state index is 0.0122. The molecule has 2 aromatic rings. The van der Waals surface area contributed by atoms with Crippen molar-refractivity contribution in [3.8, 4) is 0 Å². The molecule has 162 valence electrons. The number of nitrogens with zero attached hydrogens (tertiary/aromatic N) is 2. The zero-order valence-corrected chi connectivity index (χ0v) is 18.4. The first-order valence-electron chi connectivity index (χ1n) is 10.6. The van der Waals surface area contributed by atoms with Crippen LogP contribution in [0, 0.1) is 5.92 Å². The molecule has 2 N–H and O–H groups in total. The van der Waals surface area contributed by atoms with Gasteiger partial charge in [-0.1, -0.05) is 26.0 Å². The zero-order chi connectivity index (χ0) is 21.8. The van der Waals surface area contributed by atoms with Crippen LogP contribution >= 0.6 is 0 Å². The van der Waals surface area contributed by atoms with Crippen LogP contribution < -0.4 is 10.6 Å². The molecule has 0 unspecified atom stereocenters. The lowest BCUT2D eigenvalue weighted by Crippen LogP contribution is -2.43. The van der Waals surface area contributed by atoms with Crippen molar-refractivity contribution in [2.75, 3.05) is 5.32 Å². The highest BCUT2D eigenvalue weighted by molar-refractivity contribution is 6.03. The summed E-state index contributed by atoms with van der Waals surface area (Å²) in [5, 5.41) is 10.2. The summed E-state index contributed by atoms with van der Waals surface area (Å²) in [5.41, 5.74) is 2.29. The van der Waals surface area contributed by atoms with Crippen LogP contribution in [-0.2, 0) is 9.53 Å². The number of hydrogen-bond donors (Lipinski definition) is 2. The Balaban J connectivity index is 1.70. The van der Waals surface area contributed by atoms with Gasteiger partial charge in [-0.2, -0.15) is 5.10 Å². The molecule has 2 heterocycles. The normalized spacial score (nSPS) is 21.6. The smallest absolute Gasteiger partial charge is 0.273 e. The lowest BCUT2D eigenvalue weighted by molar-refractivity contribution is -0.123. The van der Waals surface area contributed by atoms with Gasteiger partial charge in [0.15, 0.2) is 0 Å². The first-order valence-corrected chi connectivity index (χ1v) is 10.6. The third-order valence-corrected chi connectivity index (χ3v) is 5.44. The van der Waals surface area contributed by atoms with Gasteiger partial charge in [0, 0.05) is 30.9 Å². The first-order chi connectivity index (χ1) is 14.2. The standard InChI is InChI=1S/C23H32N4O3/c1-14(2)21-12-19(25-16(5)28)13-22(30-21)17-6-8-18(9-7-17)26-23(29)20-10-11-24-27(20)15(3)4/h6-11,14-15,19,21-22H,12-13H2,1-5H3,(H,25,28)(H,26,29)/t19-,21-,22+/m1/s1. The molecule has 3 atom stereocenters. The monoisotopic (exact) mass is 412 g/mol. The summed E-state index contributed by atoms with van der Waals surface area (Å²) >= 11 is 0. The maximum Gasteiger partial charge on any atom is 0.273 e. The fourth-order valence-corrected chi connectivity index (χ4v) is 3.89. The Hall–Kier alpha value is -2.67. The van der Waals surface area contributed by atoms with E-state index in [4.69, 9.17) is 4.74 Å². The van der Waals surface area contributed by atoms with Crippen LogP contribution in [0.1, 0.15) is 75.7 Å². The highest BCUT2D eigenvalue weighted by Gasteiger charge is 2.32. The van der Waals surface area contributed by atoms with Crippen molar-refractivity contribution in [3.63, 3.8) is 0 Å². The van der Waals surface area contributed by atoms with Crippen molar-refractivity contribution in [2.45, 2.75) is 71.8 Å². The Morgan fingerprint density at radius 3 is 2.40 bits per heavy atom. The average Bonchev–Trinajstić information content (AvgIpc) is 3.18. The average molecular weight is 413 g/mol. The molecule has 0 saturated carbocycles. The second-order valence-corrected chi connectivity index (χ2v) is 8.61. The summed E-state index contributed by atoms with van der Waals surface area (Å²) in [7, 11) is 0. The summed E-state index contributed by atoms with van der Waals surface area (Å²) in [6.45, 7) is 9.80. The summed E-state index contributed by atoms with van der Waals surface area (Å²) in [6.07, 6.45) is 3.20. The molecule has 1 aliphatic rings. The number of carbonyl (C=O) groups excluding carboxylic acids is 2. The number of hydrogen-bond acceptors (Lipinski definition) is 4. The van der Waals surface area contributed by atoms with Gasteiger partial charge >= 0.3 is 0 Å². The van der Waals surface area contributed by atoms with Crippen LogP contribution in [-0.4, -0.2) is 33.7 Å². The largest absolute Gasteiger partial charge is 0.370 e. The minimum atomic E-state index is -0.187. The molecule has 1 fully saturated rings. The van der Waals surface area contributed by atoms with Gasteiger partial charge in [0.1, 0.15) is 5.69 Å². The number of aromatic nitrogens is 2. The second-order valence-electron chi connectivity index (χ2n) is 8.61. The number of amides is 2. The molecule has 3 rings (SSSR count). The second kappa shape index (κ2) is 9.43. The van der Waals surface area contributed by atoms with Crippen LogP contribution in [0.4, 0.5) is 5.69 Å². The van der Waals surface area contributed by atoms with Gasteiger partial charge in [0.05, 0.1) is 12.2 Å². The Kier molecular flexibility index (Phi) is 6.92. The third kappa shape index (κ3) is 5.27. The van der Waals surface area contributed by atoms with Gasteiger partial charge in [0.2, 0.25) is 5.91 Å². The molecule has 1 aromatic carbocycles. The fraction of sp³-hybridized carbons (Fsp3) is 0.522. The van der Waals surface area contributed by atoms with Crippen molar-refractivity contribution in [3.05, 3.63) is 47.8 Å². The molecule has 7 nitrogen and oxygen atoms in total. The van der Waals surface area contributed by atoms with Crippen molar-refractivity contribution in [1.29, 1.82) is 0 Å². The first kappa shape index (κ1) is 22.0. The van der Waals surface area contributed by atoms with E-state index in [-0.39, 0.29) is 36.1 Å². The van der Waals surface area contributed by atoms with Crippen LogP contribution in [0.15, 0.2) is 36.5 Å². The number of nitrogens with one attached hydrogen (secondary N) is 2. The van der Waals surface area contributed by atoms with Gasteiger partial charge < -0.3 is 15.4 Å². The molecule has 30 heavy (non-hydrogen) atoms. The van der Waals surface area contributed by atoms with E-state index in [1.165, 1.54) is 0 Å². The van der Waals surface area contributed by atoms with Gasteiger partial charge in [-0.15, -0.1) is 0 Å². The highest BCUT2D eigenvalue weighted by Crippen LogP contribution is 2.34. The van der Waals surface area contributed by atoms with E-state index >= 15 is 0 Å². The van der Waals surface area contributed by atoms with Gasteiger partial charge in [-0.25, -0.2) is 0 Å².